The second-order valence-corrected chi connectivity index (χ2v) is 5.93. The monoisotopic (exact) mass is 312 g/mol. The van der Waals surface area contributed by atoms with E-state index in [0.717, 1.165) is 22.4 Å². The number of aryl methyl sites for hydroxylation is 2. The van der Waals surface area contributed by atoms with Crippen LogP contribution in [0.4, 0.5) is 10.5 Å². The lowest BCUT2D eigenvalue weighted by atomic mass is 10.0. The topological polar surface area (TPSA) is 61.4 Å². The lowest BCUT2D eigenvalue weighted by molar-refractivity contribution is 0.155. The molecular weight excluding hydrogens is 288 g/mol. The number of carbonyl (C=O) groups excluding carboxylic acids is 1. The Kier molecular flexibility index (Phi) is 5.77. The second kappa shape index (κ2) is 7.79. The molecule has 2 rings (SSSR count). The molecule has 0 heterocycles. The third-order valence-electron chi connectivity index (χ3n) is 3.86. The van der Waals surface area contributed by atoms with Crippen LogP contribution in [0.25, 0.3) is 0 Å². The number of hydrogen-bond donors (Lipinski definition) is 3. The summed E-state index contributed by atoms with van der Waals surface area (Å²) >= 11 is 0. The summed E-state index contributed by atoms with van der Waals surface area (Å²) in [5.41, 5.74) is 3.74. The molecule has 0 radical (unpaired) electrons. The Morgan fingerprint density at radius 2 is 1.65 bits per heavy atom. The van der Waals surface area contributed by atoms with Crippen molar-refractivity contribution in [3.63, 3.8) is 0 Å². The first kappa shape index (κ1) is 17.0. The SMILES string of the molecule is Cc1cccc(C)c1NC(=O)NC(C)CC(O)c1ccccc1. The number of amides is 2. The predicted molar refractivity (Wildman–Crippen MR) is 93.6 cm³/mol. The molecule has 2 atom stereocenters. The minimum atomic E-state index is -0.591. The van der Waals surface area contributed by atoms with E-state index in [4.69, 9.17) is 0 Å². The van der Waals surface area contributed by atoms with Gasteiger partial charge in [-0.05, 0) is 43.9 Å². The van der Waals surface area contributed by atoms with Crippen molar-refractivity contribution in [3.05, 3.63) is 65.2 Å². The summed E-state index contributed by atoms with van der Waals surface area (Å²) in [4.78, 5) is 12.1. The van der Waals surface area contributed by atoms with Crippen LogP contribution in [0.3, 0.4) is 0 Å². The summed E-state index contributed by atoms with van der Waals surface area (Å²) in [6.07, 6.45) is -0.129. The lowest BCUT2D eigenvalue weighted by Gasteiger charge is -2.19. The van der Waals surface area contributed by atoms with Gasteiger partial charge < -0.3 is 15.7 Å². The van der Waals surface area contributed by atoms with Gasteiger partial charge in [-0.2, -0.15) is 0 Å². The summed E-state index contributed by atoms with van der Waals surface area (Å²) in [5, 5.41) is 16.0. The van der Waals surface area contributed by atoms with E-state index in [1.165, 1.54) is 0 Å². The zero-order valence-electron chi connectivity index (χ0n) is 13.8. The molecule has 4 nitrogen and oxygen atoms in total. The van der Waals surface area contributed by atoms with Gasteiger partial charge in [0.25, 0.3) is 0 Å². The number of aliphatic hydroxyl groups is 1. The van der Waals surface area contributed by atoms with Crippen LogP contribution in [-0.2, 0) is 0 Å². The van der Waals surface area contributed by atoms with Gasteiger partial charge in [0.2, 0.25) is 0 Å². The number of carbonyl (C=O) groups is 1. The van der Waals surface area contributed by atoms with E-state index < -0.39 is 6.10 Å². The fraction of sp³-hybridized carbons (Fsp3) is 0.316. The highest BCUT2D eigenvalue weighted by atomic mass is 16.3. The Hall–Kier alpha value is -2.33. The van der Waals surface area contributed by atoms with Crippen LogP contribution in [0, 0.1) is 13.8 Å². The minimum Gasteiger partial charge on any atom is -0.388 e. The zero-order chi connectivity index (χ0) is 16.8. The van der Waals surface area contributed by atoms with E-state index in [1.54, 1.807) is 0 Å². The summed E-state index contributed by atoms with van der Waals surface area (Å²) in [7, 11) is 0. The molecule has 2 aromatic rings. The number of nitrogens with one attached hydrogen (secondary N) is 2. The minimum absolute atomic E-state index is 0.144. The fourth-order valence-electron chi connectivity index (χ4n) is 2.59. The Balaban J connectivity index is 1.90. The second-order valence-electron chi connectivity index (χ2n) is 5.93. The van der Waals surface area contributed by atoms with Crippen molar-refractivity contribution < 1.29 is 9.90 Å². The molecule has 2 aromatic carbocycles. The van der Waals surface area contributed by atoms with Crippen LogP contribution in [0.2, 0.25) is 0 Å². The number of para-hydroxylation sites is 1. The van der Waals surface area contributed by atoms with Gasteiger partial charge in [0.15, 0.2) is 0 Å². The number of urea groups is 1. The normalized spacial score (nSPS) is 13.2. The molecule has 122 valence electrons. The van der Waals surface area contributed by atoms with Gasteiger partial charge in [0.05, 0.1) is 6.10 Å². The molecule has 0 spiro atoms. The van der Waals surface area contributed by atoms with Crippen LogP contribution in [0.15, 0.2) is 48.5 Å². The quantitative estimate of drug-likeness (QED) is 0.783. The molecule has 0 aliphatic heterocycles. The van der Waals surface area contributed by atoms with Crippen molar-refractivity contribution in [2.75, 3.05) is 5.32 Å². The zero-order valence-corrected chi connectivity index (χ0v) is 13.8. The highest BCUT2D eigenvalue weighted by molar-refractivity contribution is 5.91. The third kappa shape index (κ3) is 4.83. The molecule has 4 heteroatoms. The maximum atomic E-state index is 12.1. The van der Waals surface area contributed by atoms with E-state index in [9.17, 15) is 9.90 Å². The highest BCUT2D eigenvalue weighted by Crippen LogP contribution is 2.20. The van der Waals surface area contributed by atoms with Gasteiger partial charge in [-0.3, -0.25) is 0 Å². The highest BCUT2D eigenvalue weighted by Gasteiger charge is 2.15. The number of hydrogen-bond acceptors (Lipinski definition) is 2. The number of aliphatic hydroxyl groups excluding tert-OH is 1. The Labute approximate surface area is 137 Å². The van der Waals surface area contributed by atoms with Crippen LogP contribution in [-0.4, -0.2) is 17.2 Å². The van der Waals surface area contributed by atoms with Crippen molar-refractivity contribution in [2.45, 2.75) is 39.3 Å². The maximum absolute atomic E-state index is 12.1. The molecule has 3 N–H and O–H groups in total. The Morgan fingerprint density at radius 1 is 1.04 bits per heavy atom. The van der Waals surface area contributed by atoms with Crippen molar-refractivity contribution in [1.82, 2.24) is 5.32 Å². The lowest BCUT2D eigenvalue weighted by Crippen LogP contribution is -2.37. The van der Waals surface area contributed by atoms with Gasteiger partial charge in [0, 0.05) is 11.7 Å². The Morgan fingerprint density at radius 3 is 2.26 bits per heavy atom. The summed E-state index contributed by atoms with van der Waals surface area (Å²) < 4.78 is 0. The summed E-state index contributed by atoms with van der Waals surface area (Å²) in [6.45, 7) is 5.81. The number of rotatable bonds is 5. The standard InChI is InChI=1S/C19H24N2O2/c1-13-8-7-9-14(2)18(13)21-19(23)20-15(3)12-17(22)16-10-5-4-6-11-16/h4-11,15,17,22H,12H2,1-3H3,(H2,20,21,23). The molecule has 0 saturated carbocycles. The van der Waals surface area contributed by atoms with Gasteiger partial charge in [-0.25, -0.2) is 4.79 Å². The first-order valence-corrected chi connectivity index (χ1v) is 7.84. The molecule has 0 fully saturated rings. The Bertz CT molecular complexity index is 635. The first-order valence-electron chi connectivity index (χ1n) is 7.84. The number of benzene rings is 2. The summed E-state index contributed by atoms with van der Waals surface area (Å²) in [5.74, 6) is 0. The van der Waals surface area contributed by atoms with E-state index in [2.05, 4.69) is 10.6 Å². The molecule has 0 aliphatic carbocycles. The molecule has 0 saturated heterocycles. The van der Waals surface area contributed by atoms with E-state index >= 15 is 0 Å². The molecule has 2 unspecified atom stereocenters. The van der Waals surface area contributed by atoms with Crippen molar-refractivity contribution in [3.8, 4) is 0 Å². The van der Waals surface area contributed by atoms with Crippen LogP contribution in [0.5, 0.6) is 0 Å². The van der Waals surface area contributed by atoms with E-state index in [0.29, 0.717) is 6.42 Å². The van der Waals surface area contributed by atoms with Crippen molar-refractivity contribution >= 4 is 11.7 Å². The van der Waals surface area contributed by atoms with E-state index in [1.807, 2.05) is 69.3 Å². The van der Waals surface area contributed by atoms with Crippen molar-refractivity contribution in [2.24, 2.45) is 0 Å². The molecule has 0 bridgehead atoms. The maximum Gasteiger partial charge on any atom is 0.319 e. The number of anilines is 1. The van der Waals surface area contributed by atoms with E-state index in [-0.39, 0.29) is 12.1 Å². The van der Waals surface area contributed by atoms with Gasteiger partial charge >= 0.3 is 6.03 Å². The molecule has 0 aromatic heterocycles. The van der Waals surface area contributed by atoms with Gasteiger partial charge in [-0.1, -0.05) is 48.5 Å². The van der Waals surface area contributed by atoms with Gasteiger partial charge in [-0.15, -0.1) is 0 Å². The first-order chi connectivity index (χ1) is 11.0. The summed E-state index contributed by atoms with van der Waals surface area (Å²) in [6, 6.07) is 15.0. The van der Waals surface area contributed by atoms with Crippen LogP contribution < -0.4 is 10.6 Å². The van der Waals surface area contributed by atoms with Gasteiger partial charge in [0.1, 0.15) is 0 Å². The molecular formula is C19H24N2O2. The van der Waals surface area contributed by atoms with Crippen LogP contribution >= 0.6 is 0 Å². The molecule has 23 heavy (non-hydrogen) atoms. The predicted octanol–water partition coefficient (Wildman–Crippen LogP) is 3.94. The largest absolute Gasteiger partial charge is 0.388 e. The smallest absolute Gasteiger partial charge is 0.319 e. The third-order valence-corrected chi connectivity index (χ3v) is 3.86. The average Bonchev–Trinajstić information content (AvgIpc) is 2.51. The van der Waals surface area contributed by atoms with Crippen molar-refractivity contribution in [1.29, 1.82) is 0 Å². The molecule has 2 amide bonds. The average molecular weight is 312 g/mol. The molecule has 0 aliphatic rings. The fourth-order valence-corrected chi connectivity index (χ4v) is 2.59. The van der Waals surface area contributed by atoms with Crippen LogP contribution in [0.1, 0.15) is 36.1 Å².